The van der Waals surface area contributed by atoms with Crippen LogP contribution in [-0.2, 0) is 35.6 Å². The Hall–Kier alpha value is -6.56. The molecular formula is C48H41Cl2N3O8. The highest BCUT2D eigenvalue weighted by molar-refractivity contribution is 6.42. The minimum absolute atomic E-state index is 0.0151. The fraction of sp³-hybridized carbons (Fsp3) is 0.208. The van der Waals surface area contributed by atoms with E-state index in [1.165, 1.54) is 17.0 Å². The molecule has 2 aliphatic heterocycles. The van der Waals surface area contributed by atoms with Crippen LogP contribution in [0.2, 0.25) is 10.0 Å². The lowest BCUT2D eigenvalue weighted by atomic mass is 9.91. The molecular weight excluding hydrogens is 817 g/mol. The molecule has 0 radical (unpaired) electrons. The number of hydrogen-bond donors (Lipinski definition) is 3. The minimum Gasteiger partial charge on any atom is -0.508 e. The molecule has 2 aliphatic rings. The molecule has 3 N–H and O–H groups in total. The summed E-state index contributed by atoms with van der Waals surface area (Å²) in [5.41, 5.74) is 8.11. The van der Waals surface area contributed by atoms with Crippen LogP contribution in [0.5, 0.6) is 23.0 Å². The topological polar surface area (TPSA) is 148 Å². The SMILES string of the molecule is Cc1nccc(-c2ccc(CC(NC(=O)[C@@H]3Cc4cc5c(cc4CN3C(=O)c3cccc(O)c3)O[C@@H](c3ccc(OCc4ccc(Cl)c(Cl)c4)cc3)CO5)C(=O)O)cc2)c1C. The molecule has 2 amide bonds. The number of carbonyl (C=O) groups is 3. The lowest BCUT2D eigenvalue weighted by Crippen LogP contribution is -2.56. The quantitative estimate of drug-likeness (QED) is 0.116. The van der Waals surface area contributed by atoms with E-state index in [0.717, 1.165) is 44.6 Å². The van der Waals surface area contributed by atoms with Crippen molar-refractivity contribution >= 4 is 41.0 Å². The monoisotopic (exact) mass is 857 g/mol. The Kier molecular flexibility index (Phi) is 11.9. The van der Waals surface area contributed by atoms with E-state index in [1.807, 2.05) is 86.6 Å². The Morgan fingerprint density at radius 2 is 1.64 bits per heavy atom. The number of pyridine rings is 1. The molecule has 11 nitrogen and oxygen atoms in total. The standard InChI is InChI=1S/C48H41Cl2N3O8/c1-27-28(2)51-17-16-38(27)31-9-6-29(7-10-31)19-41(48(57)58)52-46(55)42-21-34-22-43-44(23-35(34)24-53(42)47(56)33-4-3-5-36(54)20-33)61-45(26-60-43)32-11-13-37(14-12-32)59-25-30-8-15-39(49)40(50)18-30/h3-18,20,22-23,41-42,45,54H,19,21,24-26H2,1-2H3,(H,52,55)(H,57,58)/t41?,42-,45+/m0/s1. The van der Waals surface area contributed by atoms with Gasteiger partial charge in [0.05, 0.1) is 10.0 Å². The molecule has 0 aliphatic carbocycles. The first-order chi connectivity index (χ1) is 29.4. The van der Waals surface area contributed by atoms with E-state index in [9.17, 15) is 24.6 Å². The number of aromatic hydroxyl groups is 1. The zero-order valence-corrected chi connectivity index (χ0v) is 34.7. The molecule has 0 spiro atoms. The molecule has 0 bridgehead atoms. The Morgan fingerprint density at radius 1 is 0.885 bits per heavy atom. The van der Waals surface area contributed by atoms with Gasteiger partial charge >= 0.3 is 5.97 Å². The molecule has 8 rings (SSSR count). The highest BCUT2D eigenvalue weighted by Crippen LogP contribution is 2.41. The van der Waals surface area contributed by atoms with Crippen molar-refractivity contribution < 1.29 is 38.8 Å². The zero-order valence-electron chi connectivity index (χ0n) is 33.2. The molecule has 13 heteroatoms. The Bertz CT molecular complexity index is 2640. The van der Waals surface area contributed by atoms with E-state index in [-0.39, 0.29) is 37.3 Å². The first-order valence-corrected chi connectivity index (χ1v) is 20.4. The maximum atomic E-state index is 14.2. The number of phenolic OH excluding ortho intramolecular Hbond substituents is 1. The Balaban J connectivity index is 0.991. The summed E-state index contributed by atoms with van der Waals surface area (Å²) in [5, 5.41) is 24.2. The van der Waals surface area contributed by atoms with Gasteiger partial charge in [0.2, 0.25) is 5.91 Å². The van der Waals surface area contributed by atoms with Crippen LogP contribution in [-0.4, -0.2) is 56.6 Å². The van der Waals surface area contributed by atoms with Gasteiger partial charge in [-0.3, -0.25) is 14.6 Å². The van der Waals surface area contributed by atoms with Crippen molar-refractivity contribution in [2.24, 2.45) is 0 Å². The van der Waals surface area contributed by atoms with E-state index in [2.05, 4.69) is 10.3 Å². The number of carboxylic acids is 1. The van der Waals surface area contributed by atoms with Gasteiger partial charge in [0, 0.05) is 36.8 Å². The van der Waals surface area contributed by atoms with E-state index in [0.29, 0.717) is 39.5 Å². The minimum atomic E-state index is -1.28. The summed E-state index contributed by atoms with van der Waals surface area (Å²) < 4.78 is 18.6. The van der Waals surface area contributed by atoms with Crippen LogP contribution < -0.4 is 19.5 Å². The van der Waals surface area contributed by atoms with Crippen molar-refractivity contribution in [3.63, 3.8) is 0 Å². The summed E-state index contributed by atoms with van der Waals surface area (Å²) in [5.74, 6) is -0.801. The second-order valence-electron chi connectivity index (χ2n) is 15.2. The highest BCUT2D eigenvalue weighted by Gasteiger charge is 2.38. The van der Waals surface area contributed by atoms with Gasteiger partial charge in [-0.2, -0.15) is 0 Å². The van der Waals surface area contributed by atoms with Crippen LogP contribution in [0.3, 0.4) is 0 Å². The van der Waals surface area contributed by atoms with Crippen LogP contribution in [0, 0.1) is 13.8 Å². The number of ether oxygens (including phenoxy) is 3. The molecule has 1 unspecified atom stereocenters. The van der Waals surface area contributed by atoms with Crippen molar-refractivity contribution in [2.75, 3.05) is 6.61 Å². The van der Waals surface area contributed by atoms with E-state index in [4.69, 9.17) is 37.4 Å². The van der Waals surface area contributed by atoms with Crippen molar-refractivity contribution in [3.8, 4) is 34.1 Å². The highest BCUT2D eigenvalue weighted by atomic mass is 35.5. The number of fused-ring (bicyclic) bond motifs is 2. The summed E-state index contributed by atoms with van der Waals surface area (Å²) in [7, 11) is 0. The Labute approximate surface area is 362 Å². The van der Waals surface area contributed by atoms with Crippen molar-refractivity contribution in [2.45, 2.75) is 58.0 Å². The molecule has 1 aromatic heterocycles. The van der Waals surface area contributed by atoms with E-state index >= 15 is 0 Å². The second kappa shape index (κ2) is 17.6. The summed E-state index contributed by atoms with van der Waals surface area (Å²) in [6, 6.07) is 29.5. The molecule has 6 aromatic rings. The lowest BCUT2D eigenvalue weighted by molar-refractivity contribution is -0.142. The van der Waals surface area contributed by atoms with E-state index in [1.54, 1.807) is 30.5 Å². The number of carbonyl (C=O) groups excluding carboxylic acids is 2. The van der Waals surface area contributed by atoms with Gasteiger partial charge in [0.1, 0.15) is 36.8 Å². The molecule has 310 valence electrons. The van der Waals surface area contributed by atoms with Gasteiger partial charge in [0.25, 0.3) is 5.91 Å². The number of nitrogens with one attached hydrogen (secondary N) is 1. The van der Waals surface area contributed by atoms with Gasteiger partial charge in [-0.25, -0.2) is 4.79 Å². The summed E-state index contributed by atoms with van der Waals surface area (Å²) in [4.78, 5) is 46.7. The van der Waals surface area contributed by atoms with E-state index < -0.39 is 36.0 Å². The van der Waals surface area contributed by atoms with Gasteiger partial charge in [0.15, 0.2) is 17.6 Å². The van der Waals surface area contributed by atoms with Crippen molar-refractivity contribution in [1.29, 1.82) is 0 Å². The smallest absolute Gasteiger partial charge is 0.326 e. The van der Waals surface area contributed by atoms with Crippen LogP contribution in [0.1, 0.15) is 55.5 Å². The number of halogens is 2. The number of hydrogen-bond acceptors (Lipinski definition) is 8. The normalized spacial score (nSPS) is 16.0. The van der Waals surface area contributed by atoms with Gasteiger partial charge < -0.3 is 34.6 Å². The summed E-state index contributed by atoms with van der Waals surface area (Å²) in [6.45, 7) is 4.51. The number of nitrogens with zero attached hydrogens (tertiary/aromatic N) is 2. The van der Waals surface area contributed by atoms with Crippen molar-refractivity contribution in [1.82, 2.24) is 15.2 Å². The number of aromatic nitrogens is 1. The van der Waals surface area contributed by atoms with Crippen LogP contribution in [0.15, 0.2) is 115 Å². The van der Waals surface area contributed by atoms with Gasteiger partial charge in [-0.15, -0.1) is 0 Å². The second-order valence-corrected chi connectivity index (χ2v) is 16.0. The first-order valence-electron chi connectivity index (χ1n) is 19.7. The molecule has 3 atom stereocenters. The fourth-order valence-electron chi connectivity index (χ4n) is 7.62. The maximum Gasteiger partial charge on any atom is 0.326 e. The zero-order chi connectivity index (χ0) is 42.8. The predicted octanol–water partition coefficient (Wildman–Crippen LogP) is 8.85. The Morgan fingerprint density at radius 3 is 2.38 bits per heavy atom. The number of carboxylic acid groups (broad SMARTS) is 1. The average molecular weight is 859 g/mol. The molecule has 61 heavy (non-hydrogen) atoms. The number of aliphatic carboxylic acids is 1. The number of rotatable bonds is 11. The molecule has 0 saturated heterocycles. The fourth-order valence-corrected chi connectivity index (χ4v) is 7.94. The number of benzene rings is 5. The third-order valence-corrected chi connectivity index (χ3v) is 11.9. The molecule has 3 heterocycles. The number of phenols is 1. The third-order valence-electron chi connectivity index (χ3n) is 11.1. The van der Waals surface area contributed by atoms with Crippen LogP contribution in [0.4, 0.5) is 0 Å². The molecule has 0 fully saturated rings. The summed E-state index contributed by atoms with van der Waals surface area (Å²) >= 11 is 12.2. The maximum absolute atomic E-state index is 14.2. The predicted molar refractivity (Wildman–Crippen MR) is 230 cm³/mol. The van der Waals surface area contributed by atoms with Crippen molar-refractivity contribution in [3.05, 3.63) is 170 Å². The van der Waals surface area contributed by atoms with Crippen LogP contribution >= 0.6 is 23.2 Å². The van der Waals surface area contributed by atoms with Gasteiger partial charge in [-0.1, -0.05) is 71.7 Å². The van der Waals surface area contributed by atoms with Gasteiger partial charge in [-0.05, 0) is 119 Å². The average Bonchev–Trinajstić information content (AvgIpc) is 3.26. The number of aryl methyl sites for hydroxylation is 1. The molecule has 0 saturated carbocycles. The number of amides is 2. The largest absolute Gasteiger partial charge is 0.508 e. The lowest BCUT2D eigenvalue weighted by Gasteiger charge is -2.37. The molecule has 5 aromatic carbocycles. The van der Waals surface area contributed by atoms with Crippen LogP contribution in [0.25, 0.3) is 11.1 Å². The third kappa shape index (κ3) is 9.13. The summed E-state index contributed by atoms with van der Waals surface area (Å²) in [6.07, 6.45) is 1.43. The first kappa shape index (κ1) is 41.2.